The first-order valence-electron chi connectivity index (χ1n) is 7.83. The van der Waals surface area contributed by atoms with Gasteiger partial charge in [-0.3, -0.25) is 4.79 Å². The summed E-state index contributed by atoms with van der Waals surface area (Å²) in [5.41, 5.74) is -2.06. The van der Waals surface area contributed by atoms with Gasteiger partial charge in [0.2, 0.25) is 0 Å². The monoisotopic (exact) mass is 402 g/mol. The molecule has 9 heteroatoms. The van der Waals surface area contributed by atoms with Crippen molar-refractivity contribution < 1.29 is 27.5 Å². The summed E-state index contributed by atoms with van der Waals surface area (Å²) in [5, 5.41) is 11.6. The maximum Gasteiger partial charge on any atom is 0.416 e. The van der Waals surface area contributed by atoms with Crippen molar-refractivity contribution in [2.45, 2.75) is 32.5 Å². The molecule has 0 saturated heterocycles. The van der Waals surface area contributed by atoms with E-state index in [1.807, 2.05) is 6.07 Å². The lowest BCUT2D eigenvalue weighted by Gasteiger charge is -2.27. The van der Waals surface area contributed by atoms with Crippen LogP contribution in [0.25, 0.3) is 6.08 Å². The predicted octanol–water partition coefficient (Wildman–Crippen LogP) is 3.97. The van der Waals surface area contributed by atoms with Crippen molar-refractivity contribution in [3.8, 4) is 6.07 Å². The number of benzene rings is 1. The molecule has 0 aliphatic rings. The van der Waals surface area contributed by atoms with E-state index in [0.29, 0.717) is 0 Å². The lowest BCUT2D eigenvalue weighted by molar-refractivity contribution is -0.144. The first-order valence-corrected chi connectivity index (χ1v) is 8.20. The standard InChI is InChI=1S/C18H18ClF3N2O3/c1-11(2)17(3,10-23)24-15(25)9-27-16(26)7-4-12-8-13(18(20,21)22)5-6-14(12)19/h4-8,11H,9H2,1-3H3,(H,24,25)/b7-4+/t17-/m0/s1. The minimum Gasteiger partial charge on any atom is -0.452 e. The molecule has 0 unspecified atom stereocenters. The molecule has 1 aromatic carbocycles. The van der Waals surface area contributed by atoms with Gasteiger partial charge < -0.3 is 10.1 Å². The molecule has 0 saturated carbocycles. The van der Waals surface area contributed by atoms with Gasteiger partial charge in [0.05, 0.1) is 11.6 Å². The number of alkyl halides is 3. The van der Waals surface area contributed by atoms with E-state index in [1.54, 1.807) is 13.8 Å². The van der Waals surface area contributed by atoms with E-state index in [-0.39, 0.29) is 16.5 Å². The van der Waals surface area contributed by atoms with Crippen LogP contribution in [0.3, 0.4) is 0 Å². The first-order chi connectivity index (χ1) is 12.4. The summed E-state index contributed by atoms with van der Waals surface area (Å²) in [6, 6.07) is 4.65. The highest BCUT2D eigenvalue weighted by molar-refractivity contribution is 6.32. The summed E-state index contributed by atoms with van der Waals surface area (Å²) < 4.78 is 42.8. The third-order valence-electron chi connectivity index (χ3n) is 3.85. The summed E-state index contributed by atoms with van der Waals surface area (Å²) >= 11 is 5.81. The fraction of sp³-hybridized carbons (Fsp3) is 0.389. The fourth-order valence-corrected chi connectivity index (χ4v) is 2.00. The Morgan fingerprint density at radius 3 is 2.52 bits per heavy atom. The van der Waals surface area contributed by atoms with E-state index in [4.69, 9.17) is 21.6 Å². The molecule has 1 rings (SSSR count). The Kier molecular flexibility index (Phi) is 7.43. The molecule has 0 aliphatic carbocycles. The van der Waals surface area contributed by atoms with Crippen LogP contribution in [-0.2, 0) is 20.5 Å². The van der Waals surface area contributed by atoms with Gasteiger partial charge >= 0.3 is 12.1 Å². The Morgan fingerprint density at radius 1 is 1.37 bits per heavy atom. The van der Waals surface area contributed by atoms with Gasteiger partial charge in [-0.15, -0.1) is 0 Å². The Bertz CT molecular complexity index is 785. The van der Waals surface area contributed by atoms with E-state index in [1.165, 1.54) is 6.92 Å². The minimum atomic E-state index is -4.55. The highest BCUT2D eigenvalue weighted by Gasteiger charge is 2.31. The summed E-state index contributed by atoms with van der Waals surface area (Å²) in [7, 11) is 0. The van der Waals surface area contributed by atoms with Crippen molar-refractivity contribution >= 4 is 29.6 Å². The number of nitrogens with one attached hydrogen (secondary N) is 1. The highest BCUT2D eigenvalue weighted by Crippen LogP contribution is 2.32. The third kappa shape index (κ3) is 6.61. The summed E-state index contributed by atoms with van der Waals surface area (Å²) in [5.74, 6) is -1.79. The van der Waals surface area contributed by atoms with Gasteiger partial charge in [0, 0.05) is 11.1 Å². The molecule has 5 nitrogen and oxygen atoms in total. The number of nitrogens with zero attached hydrogens (tertiary/aromatic N) is 1. The number of carbonyl (C=O) groups is 2. The molecule has 1 N–H and O–H groups in total. The Morgan fingerprint density at radius 2 is 2.00 bits per heavy atom. The second-order valence-electron chi connectivity index (χ2n) is 6.19. The van der Waals surface area contributed by atoms with Gasteiger partial charge in [-0.05, 0) is 42.7 Å². The van der Waals surface area contributed by atoms with Gasteiger partial charge in [0.25, 0.3) is 5.91 Å². The molecule has 146 valence electrons. The van der Waals surface area contributed by atoms with Crippen molar-refractivity contribution in [2.24, 2.45) is 5.92 Å². The van der Waals surface area contributed by atoms with E-state index in [2.05, 4.69) is 5.32 Å². The van der Waals surface area contributed by atoms with Gasteiger partial charge in [-0.2, -0.15) is 18.4 Å². The number of esters is 1. The van der Waals surface area contributed by atoms with Crippen LogP contribution in [-0.4, -0.2) is 24.0 Å². The molecule has 0 spiro atoms. The molecular formula is C18H18ClF3N2O3. The smallest absolute Gasteiger partial charge is 0.416 e. The Labute approximate surface area is 159 Å². The van der Waals surface area contributed by atoms with E-state index >= 15 is 0 Å². The summed E-state index contributed by atoms with van der Waals surface area (Å²) in [4.78, 5) is 23.5. The number of nitriles is 1. The number of halogens is 4. The number of hydrogen-bond acceptors (Lipinski definition) is 4. The van der Waals surface area contributed by atoms with Crippen LogP contribution in [0.4, 0.5) is 13.2 Å². The Hall–Kier alpha value is -2.53. The summed E-state index contributed by atoms with van der Waals surface area (Å²) in [6.07, 6.45) is -2.62. The quantitative estimate of drug-likeness (QED) is 0.576. The Balaban J connectivity index is 2.71. The molecule has 0 fully saturated rings. The van der Waals surface area contributed by atoms with Crippen molar-refractivity contribution in [1.82, 2.24) is 5.32 Å². The highest BCUT2D eigenvalue weighted by atomic mass is 35.5. The predicted molar refractivity (Wildman–Crippen MR) is 93.4 cm³/mol. The normalized spacial score (nSPS) is 13.9. The zero-order valence-electron chi connectivity index (χ0n) is 14.9. The van der Waals surface area contributed by atoms with E-state index in [9.17, 15) is 22.8 Å². The van der Waals surface area contributed by atoms with Crippen LogP contribution < -0.4 is 5.32 Å². The van der Waals surface area contributed by atoms with Crippen LogP contribution in [0.15, 0.2) is 24.3 Å². The molecule has 0 aliphatic heterocycles. The molecule has 27 heavy (non-hydrogen) atoms. The maximum absolute atomic E-state index is 12.7. The van der Waals surface area contributed by atoms with Gasteiger partial charge in [-0.25, -0.2) is 4.79 Å². The van der Waals surface area contributed by atoms with Crippen LogP contribution in [0.1, 0.15) is 31.9 Å². The van der Waals surface area contributed by atoms with E-state index in [0.717, 1.165) is 30.4 Å². The molecule has 0 aromatic heterocycles. The molecule has 0 radical (unpaired) electrons. The largest absolute Gasteiger partial charge is 0.452 e. The molecular weight excluding hydrogens is 385 g/mol. The zero-order chi connectivity index (χ0) is 20.8. The van der Waals surface area contributed by atoms with E-state index < -0.39 is 35.8 Å². The fourth-order valence-electron chi connectivity index (χ4n) is 1.82. The number of ether oxygens (including phenoxy) is 1. The van der Waals surface area contributed by atoms with Crippen LogP contribution in [0.5, 0.6) is 0 Å². The lowest BCUT2D eigenvalue weighted by Crippen LogP contribution is -2.50. The average molecular weight is 403 g/mol. The van der Waals surface area contributed by atoms with Crippen molar-refractivity contribution in [1.29, 1.82) is 5.26 Å². The summed E-state index contributed by atoms with van der Waals surface area (Å²) in [6.45, 7) is 4.39. The number of hydrogen-bond donors (Lipinski definition) is 1. The number of carbonyl (C=O) groups excluding carboxylic acids is 2. The average Bonchev–Trinajstić information content (AvgIpc) is 2.57. The van der Waals surface area contributed by atoms with Crippen LogP contribution >= 0.6 is 11.6 Å². The topological polar surface area (TPSA) is 79.2 Å². The second kappa shape index (κ2) is 8.91. The second-order valence-corrected chi connectivity index (χ2v) is 6.60. The number of amides is 1. The molecule has 1 amide bonds. The first kappa shape index (κ1) is 22.5. The van der Waals surface area contributed by atoms with Gasteiger partial charge in [-0.1, -0.05) is 25.4 Å². The minimum absolute atomic E-state index is 0.0199. The SMILES string of the molecule is CC(C)[C@](C)(C#N)NC(=O)COC(=O)/C=C/c1cc(C(F)(F)F)ccc1Cl. The van der Waals surface area contributed by atoms with Crippen molar-refractivity contribution in [2.75, 3.05) is 6.61 Å². The molecule has 1 atom stereocenters. The van der Waals surface area contributed by atoms with Crippen LogP contribution in [0, 0.1) is 17.2 Å². The molecule has 1 aromatic rings. The number of rotatable bonds is 6. The molecule has 0 heterocycles. The van der Waals surface area contributed by atoms with Gasteiger partial charge in [0.15, 0.2) is 6.61 Å². The van der Waals surface area contributed by atoms with Crippen molar-refractivity contribution in [3.63, 3.8) is 0 Å². The van der Waals surface area contributed by atoms with Crippen LogP contribution in [0.2, 0.25) is 5.02 Å². The zero-order valence-corrected chi connectivity index (χ0v) is 15.6. The van der Waals surface area contributed by atoms with Gasteiger partial charge in [0.1, 0.15) is 5.54 Å². The third-order valence-corrected chi connectivity index (χ3v) is 4.20. The maximum atomic E-state index is 12.7. The van der Waals surface area contributed by atoms with Crippen molar-refractivity contribution in [3.05, 3.63) is 40.4 Å². The molecule has 0 bridgehead atoms. The lowest BCUT2D eigenvalue weighted by atomic mass is 9.90.